The molecule has 1 N–H and O–H groups in total. The molecule has 1 atom stereocenters. The lowest BCUT2D eigenvalue weighted by atomic mass is 9.94. The van der Waals surface area contributed by atoms with Crippen molar-refractivity contribution in [1.29, 1.82) is 0 Å². The molecule has 3 rings (SSSR count). The second kappa shape index (κ2) is 5.51. The maximum absolute atomic E-state index is 12.6. The van der Waals surface area contributed by atoms with Crippen molar-refractivity contribution >= 4 is 5.91 Å². The lowest BCUT2D eigenvalue weighted by Gasteiger charge is -2.29. The molecule has 0 saturated carbocycles. The molecule has 0 aromatic carbocycles. The molecule has 2 aromatic heterocycles. The van der Waals surface area contributed by atoms with Crippen LogP contribution in [-0.2, 0) is 4.79 Å². The van der Waals surface area contributed by atoms with Crippen LogP contribution in [0.4, 0.5) is 0 Å². The number of aromatic nitrogens is 4. The normalized spacial score (nSPS) is 18.7. The summed E-state index contributed by atoms with van der Waals surface area (Å²) in [5.74, 6) is 1.58. The van der Waals surface area contributed by atoms with E-state index in [-0.39, 0.29) is 17.4 Å². The van der Waals surface area contributed by atoms with Crippen LogP contribution >= 0.6 is 0 Å². The third-order valence-electron chi connectivity index (χ3n) is 3.91. The van der Waals surface area contributed by atoms with Crippen LogP contribution in [0.1, 0.15) is 45.5 Å². The number of nitrogens with one attached hydrogen (secondary N) is 1. The van der Waals surface area contributed by atoms with E-state index in [1.54, 1.807) is 12.4 Å². The van der Waals surface area contributed by atoms with Crippen molar-refractivity contribution in [3.8, 4) is 11.4 Å². The van der Waals surface area contributed by atoms with Gasteiger partial charge in [0, 0.05) is 29.9 Å². The maximum Gasteiger partial charge on any atom is 0.228 e. The number of nitrogens with zero attached hydrogens (tertiary/aromatic N) is 4. The van der Waals surface area contributed by atoms with Gasteiger partial charge in [-0.15, -0.1) is 0 Å². The average Bonchev–Trinajstić information content (AvgIpc) is 3.15. The lowest BCUT2D eigenvalue weighted by molar-refractivity contribution is -0.140. The Balaban J connectivity index is 1.85. The van der Waals surface area contributed by atoms with Gasteiger partial charge in [-0.3, -0.25) is 14.9 Å². The van der Waals surface area contributed by atoms with Crippen LogP contribution in [-0.4, -0.2) is 37.5 Å². The van der Waals surface area contributed by atoms with Gasteiger partial charge >= 0.3 is 0 Å². The fourth-order valence-corrected chi connectivity index (χ4v) is 2.78. The number of rotatable bonds is 2. The Morgan fingerprint density at radius 3 is 2.73 bits per heavy atom. The van der Waals surface area contributed by atoms with Gasteiger partial charge < -0.3 is 4.90 Å². The van der Waals surface area contributed by atoms with Crippen molar-refractivity contribution in [3.63, 3.8) is 0 Å². The summed E-state index contributed by atoms with van der Waals surface area (Å²) in [5.41, 5.74) is 0.542. The third kappa shape index (κ3) is 2.73. The predicted octanol–water partition coefficient (Wildman–Crippen LogP) is 2.58. The van der Waals surface area contributed by atoms with Gasteiger partial charge in [0.1, 0.15) is 5.82 Å². The molecule has 0 spiro atoms. The largest absolute Gasteiger partial charge is 0.332 e. The molecule has 116 valence electrons. The smallest absolute Gasteiger partial charge is 0.228 e. The van der Waals surface area contributed by atoms with E-state index in [2.05, 4.69) is 20.2 Å². The molecule has 6 nitrogen and oxygen atoms in total. The molecular formula is C16H21N5O. The van der Waals surface area contributed by atoms with Crippen LogP contribution in [0.2, 0.25) is 0 Å². The van der Waals surface area contributed by atoms with E-state index >= 15 is 0 Å². The van der Waals surface area contributed by atoms with Gasteiger partial charge in [-0.05, 0) is 25.0 Å². The molecule has 6 heteroatoms. The molecule has 1 saturated heterocycles. The van der Waals surface area contributed by atoms with Crippen molar-refractivity contribution in [2.24, 2.45) is 5.41 Å². The topological polar surface area (TPSA) is 74.8 Å². The first kappa shape index (κ1) is 14.7. The molecule has 2 aromatic rings. The minimum Gasteiger partial charge on any atom is -0.332 e. The maximum atomic E-state index is 12.6. The average molecular weight is 299 g/mol. The second-order valence-electron chi connectivity index (χ2n) is 6.69. The van der Waals surface area contributed by atoms with Gasteiger partial charge in [0.2, 0.25) is 5.91 Å². The van der Waals surface area contributed by atoms with Crippen molar-refractivity contribution in [2.75, 3.05) is 6.54 Å². The van der Waals surface area contributed by atoms with Crippen LogP contribution in [0, 0.1) is 5.41 Å². The first-order chi connectivity index (χ1) is 10.5. The van der Waals surface area contributed by atoms with E-state index in [1.165, 1.54) is 0 Å². The number of H-pyrrole nitrogens is 1. The summed E-state index contributed by atoms with van der Waals surface area (Å²) in [6.07, 6.45) is 5.36. The number of carbonyl (C=O) groups excluding carboxylic acids is 1. The SMILES string of the molecule is CC(C)(C)C(=O)N1CCC[C@@H]1c1nc(-c2ccncc2)n[nH]1. The van der Waals surface area contributed by atoms with Crippen molar-refractivity contribution in [1.82, 2.24) is 25.1 Å². The van der Waals surface area contributed by atoms with Crippen LogP contribution in [0.15, 0.2) is 24.5 Å². The van der Waals surface area contributed by atoms with E-state index in [1.807, 2.05) is 37.8 Å². The molecule has 0 bridgehead atoms. The van der Waals surface area contributed by atoms with Gasteiger partial charge in [-0.2, -0.15) is 5.10 Å². The number of amides is 1. The Morgan fingerprint density at radius 2 is 2.05 bits per heavy atom. The predicted molar refractivity (Wildman–Crippen MR) is 82.8 cm³/mol. The summed E-state index contributed by atoms with van der Waals surface area (Å²) in [4.78, 5) is 23.1. The minimum absolute atomic E-state index is 0.00480. The standard InChI is InChI=1S/C16H21N5O/c1-16(2,3)15(22)21-10-4-5-12(21)14-18-13(19-20-14)11-6-8-17-9-7-11/h6-9,12H,4-5,10H2,1-3H3,(H,18,19,20)/t12-/m1/s1. The third-order valence-corrected chi connectivity index (χ3v) is 3.91. The molecule has 1 amide bonds. The van der Waals surface area contributed by atoms with Gasteiger partial charge in [-0.1, -0.05) is 20.8 Å². The highest BCUT2D eigenvalue weighted by molar-refractivity contribution is 5.82. The Labute approximate surface area is 130 Å². The number of carbonyl (C=O) groups is 1. The summed E-state index contributed by atoms with van der Waals surface area (Å²) >= 11 is 0. The van der Waals surface area contributed by atoms with Crippen LogP contribution < -0.4 is 0 Å². The molecular weight excluding hydrogens is 278 g/mol. The summed E-state index contributed by atoms with van der Waals surface area (Å²) in [6.45, 7) is 6.64. The molecule has 3 heterocycles. The van der Waals surface area contributed by atoms with Crippen LogP contribution in [0.3, 0.4) is 0 Å². The Kier molecular flexibility index (Phi) is 3.68. The minimum atomic E-state index is -0.378. The first-order valence-electron chi connectivity index (χ1n) is 7.60. The molecule has 22 heavy (non-hydrogen) atoms. The zero-order chi connectivity index (χ0) is 15.7. The summed E-state index contributed by atoms with van der Waals surface area (Å²) in [7, 11) is 0. The molecule has 0 unspecified atom stereocenters. The van der Waals surface area contributed by atoms with Gasteiger partial charge in [0.25, 0.3) is 0 Å². The molecule has 1 aliphatic rings. The van der Waals surface area contributed by atoms with Gasteiger partial charge in [0.15, 0.2) is 5.82 Å². The molecule has 1 fully saturated rings. The van der Waals surface area contributed by atoms with Crippen LogP contribution in [0.25, 0.3) is 11.4 Å². The van der Waals surface area contributed by atoms with E-state index in [0.29, 0.717) is 5.82 Å². The summed E-state index contributed by atoms with van der Waals surface area (Å²) in [5, 5.41) is 7.29. The quantitative estimate of drug-likeness (QED) is 0.925. The fraction of sp³-hybridized carbons (Fsp3) is 0.500. The molecule has 0 aliphatic carbocycles. The fourth-order valence-electron chi connectivity index (χ4n) is 2.78. The monoisotopic (exact) mass is 299 g/mol. The summed E-state index contributed by atoms with van der Waals surface area (Å²) < 4.78 is 0. The van der Waals surface area contributed by atoms with Gasteiger partial charge in [0.05, 0.1) is 6.04 Å². The first-order valence-corrected chi connectivity index (χ1v) is 7.60. The van der Waals surface area contributed by atoms with Gasteiger partial charge in [-0.25, -0.2) is 4.98 Å². The van der Waals surface area contributed by atoms with Crippen molar-refractivity contribution in [2.45, 2.75) is 39.7 Å². The Morgan fingerprint density at radius 1 is 1.32 bits per heavy atom. The Bertz CT molecular complexity index is 659. The van der Waals surface area contributed by atoms with E-state index < -0.39 is 0 Å². The number of likely N-dealkylation sites (tertiary alicyclic amines) is 1. The number of hydrogen-bond acceptors (Lipinski definition) is 4. The zero-order valence-electron chi connectivity index (χ0n) is 13.2. The lowest BCUT2D eigenvalue weighted by Crippen LogP contribution is -2.39. The zero-order valence-corrected chi connectivity index (χ0v) is 13.2. The summed E-state index contributed by atoms with van der Waals surface area (Å²) in [6, 6.07) is 3.74. The number of hydrogen-bond donors (Lipinski definition) is 1. The second-order valence-corrected chi connectivity index (χ2v) is 6.69. The molecule has 1 aliphatic heterocycles. The highest BCUT2D eigenvalue weighted by Crippen LogP contribution is 2.34. The van der Waals surface area contributed by atoms with E-state index in [9.17, 15) is 4.79 Å². The highest BCUT2D eigenvalue weighted by atomic mass is 16.2. The van der Waals surface area contributed by atoms with E-state index in [0.717, 1.165) is 30.8 Å². The molecule has 0 radical (unpaired) electrons. The number of aromatic amines is 1. The number of pyridine rings is 1. The van der Waals surface area contributed by atoms with Crippen molar-refractivity contribution < 1.29 is 4.79 Å². The Hall–Kier alpha value is -2.24. The van der Waals surface area contributed by atoms with Crippen LogP contribution in [0.5, 0.6) is 0 Å². The highest BCUT2D eigenvalue weighted by Gasteiger charge is 2.37. The van der Waals surface area contributed by atoms with Crippen molar-refractivity contribution in [3.05, 3.63) is 30.4 Å². The van der Waals surface area contributed by atoms with E-state index in [4.69, 9.17) is 0 Å².